The minimum Gasteiger partial charge on any atom is -0.383 e. The van der Waals surface area contributed by atoms with Crippen molar-refractivity contribution in [2.75, 3.05) is 18.0 Å². The van der Waals surface area contributed by atoms with Crippen LogP contribution in [0.15, 0.2) is 16.0 Å². The van der Waals surface area contributed by atoms with E-state index in [-0.39, 0.29) is 11.4 Å². The van der Waals surface area contributed by atoms with Crippen LogP contribution in [0.2, 0.25) is 0 Å². The van der Waals surface area contributed by atoms with Crippen molar-refractivity contribution in [2.24, 2.45) is 0 Å². The molecule has 5 nitrogen and oxygen atoms in total. The van der Waals surface area contributed by atoms with Crippen molar-refractivity contribution in [1.82, 2.24) is 15.3 Å². The van der Waals surface area contributed by atoms with E-state index in [2.05, 4.69) is 15.3 Å². The van der Waals surface area contributed by atoms with E-state index in [0.29, 0.717) is 11.2 Å². The van der Waals surface area contributed by atoms with Gasteiger partial charge < -0.3 is 16.0 Å². The van der Waals surface area contributed by atoms with Crippen molar-refractivity contribution >= 4 is 17.6 Å². The molecule has 4 N–H and O–H groups in total. The molecule has 0 amide bonds. The summed E-state index contributed by atoms with van der Waals surface area (Å²) in [4.78, 5) is 17.8. The molecule has 0 aromatic carbocycles. The molecular weight excluding hydrogens is 212 g/mol. The minimum absolute atomic E-state index is 0.190. The predicted molar refractivity (Wildman–Crippen MR) is 61.0 cm³/mol. The van der Waals surface area contributed by atoms with Gasteiger partial charge in [-0.2, -0.15) is 0 Å². The van der Waals surface area contributed by atoms with E-state index in [1.807, 2.05) is 0 Å². The zero-order valence-electron chi connectivity index (χ0n) is 8.32. The third-order valence-corrected chi connectivity index (χ3v) is 3.36. The Kier molecular flexibility index (Phi) is 3.27. The summed E-state index contributed by atoms with van der Waals surface area (Å²) in [7, 11) is 0. The van der Waals surface area contributed by atoms with Crippen molar-refractivity contribution in [2.45, 2.75) is 24.0 Å². The molecule has 1 atom stereocenters. The summed E-state index contributed by atoms with van der Waals surface area (Å²) in [5, 5.41) is 3.99. The molecule has 2 heterocycles. The molecule has 0 bridgehead atoms. The number of nitrogens with zero attached hydrogens (tertiary/aromatic N) is 1. The molecule has 82 valence electrons. The van der Waals surface area contributed by atoms with Crippen molar-refractivity contribution < 1.29 is 0 Å². The quantitative estimate of drug-likeness (QED) is 0.506. The number of nitrogens with two attached hydrogens (primary N) is 1. The fraction of sp³-hybridized carbons (Fsp3) is 0.556. The molecule has 0 aliphatic carbocycles. The van der Waals surface area contributed by atoms with Crippen LogP contribution < -0.4 is 16.6 Å². The summed E-state index contributed by atoms with van der Waals surface area (Å²) in [6, 6.07) is 1.82. The Morgan fingerprint density at radius 1 is 1.67 bits per heavy atom. The van der Waals surface area contributed by atoms with Gasteiger partial charge in [-0.25, -0.2) is 4.98 Å². The summed E-state index contributed by atoms with van der Waals surface area (Å²) >= 11 is 1.54. The smallest absolute Gasteiger partial charge is 0.253 e. The molecule has 2 rings (SSSR count). The van der Waals surface area contributed by atoms with Gasteiger partial charge in [-0.15, -0.1) is 0 Å². The Balaban J connectivity index is 1.95. The molecule has 0 unspecified atom stereocenters. The number of aromatic amines is 1. The van der Waals surface area contributed by atoms with Crippen molar-refractivity contribution in [3.8, 4) is 0 Å². The fourth-order valence-electron chi connectivity index (χ4n) is 1.60. The van der Waals surface area contributed by atoms with Crippen LogP contribution in [0.5, 0.6) is 0 Å². The van der Waals surface area contributed by atoms with Gasteiger partial charge >= 0.3 is 0 Å². The maximum Gasteiger partial charge on any atom is 0.253 e. The lowest BCUT2D eigenvalue weighted by Gasteiger charge is -2.08. The summed E-state index contributed by atoms with van der Waals surface area (Å²) in [6.45, 7) is 1.09. The highest BCUT2D eigenvalue weighted by molar-refractivity contribution is 7.99. The molecule has 1 fully saturated rings. The van der Waals surface area contributed by atoms with Gasteiger partial charge in [0.05, 0.1) is 0 Å². The summed E-state index contributed by atoms with van der Waals surface area (Å²) < 4.78 is 0. The van der Waals surface area contributed by atoms with Gasteiger partial charge in [0.2, 0.25) is 0 Å². The first-order valence-corrected chi connectivity index (χ1v) is 5.95. The summed E-state index contributed by atoms with van der Waals surface area (Å²) in [5.41, 5.74) is 5.29. The SMILES string of the molecule is Nc1cc(=O)[nH]c(SC[C@H]2CCCN2)n1. The highest BCUT2D eigenvalue weighted by Crippen LogP contribution is 2.17. The van der Waals surface area contributed by atoms with Crippen molar-refractivity contribution in [3.05, 3.63) is 16.4 Å². The van der Waals surface area contributed by atoms with E-state index < -0.39 is 0 Å². The molecular formula is C9H14N4OS. The highest BCUT2D eigenvalue weighted by atomic mass is 32.2. The number of H-pyrrole nitrogens is 1. The lowest BCUT2D eigenvalue weighted by atomic mass is 10.3. The number of aromatic nitrogens is 2. The number of nitrogens with one attached hydrogen (secondary N) is 2. The standard InChI is InChI=1S/C9H14N4OS/c10-7-4-8(14)13-9(12-7)15-5-6-2-1-3-11-6/h4,6,11H,1-3,5H2,(H3,10,12,13,14)/t6-/m1/s1. The van der Waals surface area contributed by atoms with Crippen molar-refractivity contribution in [3.63, 3.8) is 0 Å². The number of anilines is 1. The first-order chi connectivity index (χ1) is 7.24. The molecule has 1 aliphatic heterocycles. The van der Waals surface area contributed by atoms with Gasteiger partial charge in [0, 0.05) is 17.9 Å². The van der Waals surface area contributed by atoms with Gasteiger partial charge in [0.1, 0.15) is 5.82 Å². The fourth-order valence-corrected chi connectivity index (χ4v) is 2.59. The van der Waals surface area contributed by atoms with Gasteiger partial charge in [0.25, 0.3) is 5.56 Å². The highest BCUT2D eigenvalue weighted by Gasteiger charge is 2.14. The Morgan fingerprint density at radius 2 is 2.53 bits per heavy atom. The second kappa shape index (κ2) is 4.67. The summed E-state index contributed by atoms with van der Waals surface area (Å²) in [6.07, 6.45) is 2.42. The molecule has 0 saturated carbocycles. The number of thioether (sulfide) groups is 1. The van der Waals surface area contributed by atoms with Crippen LogP contribution >= 0.6 is 11.8 Å². The Bertz CT molecular complexity index is 386. The third kappa shape index (κ3) is 2.97. The molecule has 1 aliphatic rings. The second-order valence-corrected chi connectivity index (χ2v) is 4.59. The van der Waals surface area contributed by atoms with E-state index in [1.54, 1.807) is 0 Å². The molecule has 15 heavy (non-hydrogen) atoms. The van der Waals surface area contributed by atoms with E-state index >= 15 is 0 Å². The first-order valence-electron chi connectivity index (χ1n) is 4.97. The van der Waals surface area contributed by atoms with Gasteiger partial charge in [-0.05, 0) is 19.4 Å². The third-order valence-electron chi connectivity index (χ3n) is 2.32. The van der Waals surface area contributed by atoms with Crippen LogP contribution in [0, 0.1) is 0 Å². The number of hydrogen-bond acceptors (Lipinski definition) is 5. The maximum atomic E-state index is 11.1. The topological polar surface area (TPSA) is 83.8 Å². The van der Waals surface area contributed by atoms with Crippen LogP contribution in [0.25, 0.3) is 0 Å². The van der Waals surface area contributed by atoms with E-state index in [0.717, 1.165) is 12.3 Å². The van der Waals surface area contributed by atoms with Gasteiger partial charge in [-0.1, -0.05) is 11.8 Å². The largest absolute Gasteiger partial charge is 0.383 e. The molecule has 1 aromatic rings. The zero-order chi connectivity index (χ0) is 10.7. The number of nitrogen functional groups attached to an aromatic ring is 1. The second-order valence-electron chi connectivity index (χ2n) is 3.58. The van der Waals surface area contributed by atoms with E-state index in [9.17, 15) is 4.79 Å². The minimum atomic E-state index is -0.190. The Hall–Kier alpha value is -1.01. The molecule has 1 aromatic heterocycles. The summed E-state index contributed by atoms with van der Waals surface area (Å²) in [5.74, 6) is 1.20. The normalized spacial score (nSPS) is 20.7. The average molecular weight is 226 g/mol. The zero-order valence-corrected chi connectivity index (χ0v) is 9.14. The van der Waals surface area contributed by atoms with Crippen LogP contribution in [-0.2, 0) is 0 Å². The van der Waals surface area contributed by atoms with Crippen molar-refractivity contribution in [1.29, 1.82) is 0 Å². The van der Waals surface area contributed by atoms with Crippen LogP contribution in [-0.4, -0.2) is 28.3 Å². The van der Waals surface area contributed by atoms with Crippen LogP contribution in [0.3, 0.4) is 0 Å². The monoisotopic (exact) mass is 226 g/mol. The Morgan fingerprint density at radius 3 is 3.20 bits per heavy atom. The van der Waals surface area contributed by atoms with Gasteiger partial charge in [-0.3, -0.25) is 4.79 Å². The maximum absolute atomic E-state index is 11.1. The first kappa shape index (κ1) is 10.5. The lowest BCUT2D eigenvalue weighted by Crippen LogP contribution is -2.24. The Labute approximate surface area is 91.9 Å². The van der Waals surface area contributed by atoms with Gasteiger partial charge in [0.15, 0.2) is 5.16 Å². The number of rotatable bonds is 3. The molecule has 0 spiro atoms. The lowest BCUT2D eigenvalue weighted by molar-refractivity contribution is 0.673. The van der Waals surface area contributed by atoms with E-state index in [1.165, 1.54) is 30.7 Å². The van der Waals surface area contributed by atoms with Crippen LogP contribution in [0.1, 0.15) is 12.8 Å². The molecule has 6 heteroatoms. The van der Waals surface area contributed by atoms with E-state index in [4.69, 9.17) is 5.73 Å². The molecule has 1 saturated heterocycles. The average Bonchev–Trinajstić information content (AvgIpc) is 2.65. The van der Waals surface area contributed by atoms with Crippen LogP contribution in [0.4, 0.5) is 5.82 Å². The predicted octanol–water partition coefficient (Wildman–Crippen LogP) is 0.196. The number of hydrogen-bond donors (Lipinski definition) is 3. The molecule has 0 radical (unpaired) electrons.